The van der Waals surface area contributed by atoms with Crippen LogP contribution in [0.1, 0.15) is 0 Å². The fourth-order valence-electron chi connectivity index (χ4n) is 1.46. The van der Waals surface area contributed by atoms with Crippen molar-refractivity contribution in [2.24, 2.45) is 5.10 Å². The average Bonchev–Trinajstić information content (AvgIpc) is 2.49. The Morgan fingerprint density at radius 1 is 0.947 bits per heavy atom. The van der Waals surface area contributed by atoms with Gasteiger partial charge in [-0.3, -0.25) is 15.6 Å². The summed E-state index contributed by atoms with van der Waals surface area (Å²) in [6.07, 6.45) is 2.10. The van der Waals surface area contributed by atoms with E-state index in [-0.39, 0.29) is 0 Å². The van der Waals surface area contributed by atoms with E-state index in [2.05, 4.69) is 16.0 Å². The van der Waals surface area contributed by atoms with Crippen molar-refractivity contribution in [1.82, 2.24) is 5.43 Å². The summed E-state index contributed by atoms with van der Waals surface area (Å²) in [4.78, 5) is 11.0. The Bertz CT molecular complexity index is 528. The van der Waals surface area contributed by atoms with Crippen molar-refractivity contribution >= 4 is 24.1 Å². The maximum Gasteiger partial charge on any atom is 0.232 e. The lowest BCUT2D eigenvalue weighted by atomic mass is 10.3. The van der Waals surface area contributed by atoms with Crippen LogP contribution in [0.5, 0.6) is 0 Å². The van der Waals surface area contributed by atoms with Gasteiger partial charge in [-0.1, -0.05) is 36.4 Å². The molecule has 0 fully saturated rings. The molecule has 2 N–H and O–H groups in total. The number of carbonyl (C=O) groups is 1. The number of anilines is 2. The number of amides is 1. The first-order chi connectivity index (χ1) is 9.40. The van der Waals surface area contributed by atoms with Gasteiger partial charge in [0.1, 0.15) is 6.34 Å². The molecule has 0 atom stereocenters. The molecule has 2 aromatic carbocycles. The van der Waals surface area contributed by atoms with Gasteiger partial charge in [0.25, 0.3) is 0 Å². The topological polar surface area (TPSA) is 56.7 Å². The smallest absolute Gasteiger partial charge is 0.232 e. The Kier molecular flexibility index (Phi) is 4.52. The van der Waals surface area contributed by atoms with Gasteiger partial charge in [-0.15, -0.1) is 0 Å². The van der Waals surface area contributed by atoms with Crippen LogP contribution in [0, 0.1) is 0 Å². The van der Waals surface area contributed by atoms with Crippen LogP contribution in [0.4, 0.5) is 11.4 Å². The molecule has 0 unspecified atom stereocenters. The van der Waals surface area contributed by atoms with Crippen LogP contribution in [0.25, 0.3) is 0 Å². The molecule has 19 heavy (non-hydrogen) atoms. The molecule has 2 rings (SSSR count). The molecule has 0 aliphatic heterocycles. The molecule has 0 heterocycles. The van der Waals surface area contributed by atoms with Crippen molar-refractivity contribution in [2.45, 2.75) is 0 Å². The molecule has 0 aliphatic rings. The first-order valence-corrected chi connectivity index (χ1v) is 5.78. The Morgan fingerprint density at radius 3 is 2.21 bits per heavy atom. The highest BCUT2D eigenvalue weighted by Crippen LogP contribution is 2.08. The number of rotatable bonds is 6. The molecule has 0 aliphatic carbocycles. The molecular formula is C14H14N4O. The lowest BCUT2D eigenvalue weighted by Crippen LogP contribution is -2.35. The first-order valence-electron chi connectivity index (χ1n) is 5.78. The molecule has 0 aromatic heterocycles. The highest BCUT2D eigenvalue weighted by atomic mass is 16.1. The first kappa shape index (κ1) is 12.6. The normalized spacial score (nSPS) is 10.1. The quantitative estimate of drug-likeness (QED) is 0.359. The molecule has 1 amide bonds. The Labute approximate surface area is 111 Å². The molecule has 5 heteroatoms. The number of benzene rings is 2. The third kappa shape index (κ3) is 3.85. The summed E-state index contributed by atoms with van der Waals surface area (Å²) in [5.41, 5.74) is 7.22. The van der Waals surface area contributed by atoms with E-state index in [9.17, 15) is 4.79 Å². The van der Waals surface area contributed by atoms with Gasteiger partial charge in [0.05, 0.1) is 11.4 Å². The van der Waals surface area contributed by atoms with Crippen LogP contribution in [0.3, 0.4) is 0 Å². The van der Waals surface area contributed by atoms with Crippen LogP contribution in [-0.4, -0.2) is 12.7 Å². The number of nitrogens with zero attached hydrogens (tertiary/aromatic N) is 2. The predicted molar refractivity (Wildman–Crippen MR) is 76.7 cm³/mol. The molecular weight excluding hydrogens is 240 g/mol. The maximum atomic E-state index is 11.0. The van der Waals surface area contributed by atoms with E-state index in [0.717, 1.165) is 11.4 Å². The predicted octanol–water partition coefficient (Wildman–Crippen LogP) is 2.21. The van der Waals surface area contributed by atoms with E-state index in [1.54, 1.807) is 0 Å². The van der Waals surface area contributed by atoms with Crippen LogP contribution >= 0.6 is 0 Å². The van der Waals surface area contributed by atoms with E-state index in [4.69, 9.17) is 0 Å². The van der Waals surface area contributed by atoms with Crippen molar-refractivity contribution in [1.29, 1.82) is 0 Å². The molecule has 0 spiro atoms. The molecule has 5 nitrogen and oxygen atoms in total. The average molecular weight is 254 g/mol. The number of hydrazone groups is 1. The van der Waals surface area contributed by atoms with Crippen molar-refractivity contribution < 1.29 is 4.79 Å². The molecule has 0 saturated carbocycles. The number of para-hydroxylation sites is 2. The van der Waals surface area contributed by atoms with Crippen molar-refractivity contribution in [3.05, 3.63) is 60.7 Å². The summed E-state index contributed by atoms with van der Waals surface area (Å²) in [5.74, 6) is 0. The molecule has 2 aromatic rings. The summed E-state index contributed by atoms with van der Waals surface area (Å²) >= 11 is 0. The third-order valence-corrected chi connectivity index (χ3v) is 2.37. The van der Waals surface area contributed by atoms with Gasteiger partial charge < -0.3 is 0 Å². The number of hydrazine groups is 1. The van der Waals surface area contributed by atoms with E-state index in [1.807, 2.05) is 60.7 Å². The van der Waals surface area contributed by atoms with E-state index in [0.29, 0.717) is 6.41 Å². The van der Waals surface area contributed by atoms with Crippen LogP contribution < -0.4 is 15.9 Å². The lowest BCUT2D eigenvalue weighted by molar-refractivity contribution is -0.107. The van der Waals surface area contributed by atoms with E-state index < -0.39 is 0 Å². The van der Waals surface area contributed by atoms with Gasteiger partial charge in [0.15, 0.2) is 0 Å². The monoisotopic (exact) mass is 254 g/mol. The molecule has 96 valence electrons. The Morgan fingerprint density at radius 2 is 1.58 bits per heavy atom. The molecule has 0 saturated heterocycles. The van der Waals surface area contributed by atoms with Gasteiger partial charge in [0.2, 0.25) is 6.41 Å². The highest BCUT2D eigenvalue weighted by molar-refractivity contribution is 5.78. The highest BCUT2D eigenvalue weighted by Gasteiger charge is 2.00. The van der Waals surface area contributed by atoms with E-state index in [1.165, 1.54) is 11.3 Å². The zero-order chi connectivity index (χ0) is 13.3. The van der Waals surface area contributed by atoms with Crippen LogP contribution in [0.2, 0.25) is 0 Å². The summed E-state index contributed by atoms with van der Waals surface area (Å²) in [7, 11) is 0. The fraction of sp³-hybridized carbons (Fsp3) is 0. The van der Waals surface area contributed by atoms with Gasteiger partial charge in [-0.2, -0.15) is 5.10 Å². The van der Waals surface area contributed by atoms with Crippen LogP contribution in [-0.2, 0) is 4.79 Å². The van der Waals surface area contributed by atoms with Crippen molar-refractivity contribution in [3.8, 4) is 0 Å². The number of carbonyl (C=O) groups excluding carboxylic acids is 1. The zero-order valence-corrected chi connectivity index (χ0v) is 10.2. The van der Waals surface area contributed by atoms with Crippen LogP contribution in [0.15, 0.2) is 65.8 Å². The van der Waals surface area contributed by atoms with Gasteiger partial charge in [-0.25, -0.2) is 5.01 Å². The molecule has 0 bridgehead atoms. The fourth-order valence-corrected chi connectivity index (χ4v) is 1.46. The summed E-state index contributed by atoms with van der Waals surface area (Å²) < 4.78 is 0. The Balaban J connectivity index is 1.88. The minimum absolute atomic E-state index is 0.684. The summed E-state index contributed by atoms with van der Waals surface area (Å²) in [6.45, 7) is 0. The second kappa shape index (κ2) is 6.80. The van der Waals surface area contributed by atoms with Gasteiger partial charge in [0, 0.05) is 0 Å². The largest absolute Gasteiger partial charge is 0.279 e. The van der Waals surface area contributed by atoms with Gasteiger partial charge in [-0.05, 0) is 24.3 Å². The minimum Gasteiger partial charge on any atom is -0.279 e. The summed E-state index contributed by atoms with van der Waals surface area (Å²) in [5, 5.41) is 5.30. The Hall–Kier alpha value is -2.82. The second-order valence-electron chi connectivity index (χ2n) is 3.68. The minimum atomic E-state index is 0.684. The second-order valence-corrected chi connectivity index (χ2v) is 3.68. The lowest BCUT2D eigenvalue weighted by Gasteiger charge is -2.15. The number of hydrogen-bond acceptors (Lipinski definition) is 3. The number of nitrogens with one attached hydrogen (secondary N) is 2. The summed E-state index contributed by atoms with van der Waals surface area (Å²) in [6, 6.07) is 18.8. The maximum absolute atomic E-state index is 11.0. The third-order valence-electron chi connectivity index (χ3n) is 2.37. The SMILES string of the molecule is O=CN(NC=NNc1ccccc1)c1ccccc1. The van der Waals surface area contributed by atoms with Gasteiger partial charge >= 0.3 is 0 Å². The molecule has 0 radical (unpaired) electrons. The van der Waals surface area contributed by atoms with Crippen molar-refractivity contribution in [2.75, 3.05) is 10.4 Å². The zero-order valence-electron chi connectivity index (χ0n) is 10.2. The standard InChI is InChI=1S/C14H14N4O/c19-12-18(14-9-5-2-6-10-14)16-11-15-17-13-7-3-1-4-8-13/h1-12,17H,(H,15,16). The number of hydrogen-bond donors (Lipinski definition) is 2. The van der Waals surface area contributed by atoms with E-state index >= 15 is 0 Å². The van der Waals surface area contributed by atoms with Crippen molar-refractivity contribution in [3.63, 3.8) is 0 Å².